The van der Waals surface area contributed by atoms with Crippen LogP contribution in [0.1, 0.15) is 18.7 Å². The summed E-state index contributed by atoms with van der Waals surface area (Å²) in [6.45, 7) is 0.887. The van der Waals surface area contributed by atoms with Gasteiger partial charge in [-0.15, -0.1) is 0 Å². The monoisotopic (exact) mass is 430 g/mol. The lowest BCUT2D eigenvalue weighted by molar-refractivity contribution is -0.126. The molecule has 4 rings (SSSR count). The predicted octanol–water partition coefficient (Wildman–Crippen LogP) is 2.46. The van der Waals surface area contributed by atoms with E-state index in [0.29, 0.717) is 32.4 Å². The summed E-state index contributed by atoms with van der Waals surface area (Å²) in [5.74, 6) is -0.273. The lowest BCUT2D eigenvalue weighted by Gasteiger charge is -2.31. The van der Waals surface area contributed by atoms with E-state index < -0.39 is 21.8 Å². The van der Waals surface area contributed by atoms with E-state index >= 15 is 0 Å². The first kappa shape index (κ1) is 20.5. The normalized spacial score (nSPS) is 17.8. The van der Waals surface area contributed by atoms with E-state index in [1.807, 2.05) is 24.3 Å². The smallest absolute Gasteiger partial charge is 0.243 e. The SMILES string of the molecule is O=C(NCCc1nc2ccccc2[nH]1)[C@@H]1CCCN(S(=O)(=O)c2ccc(F)cc2)C1. The van der Waals surface area contributed by atoms with Gasteiger partial charge in [-0.05, 0) is 49.2 Å². The van der Waals surface area contributed by atoms with E-state index in [9.17, 15) is 17.6 Å². The Hall–Kier alpha value is -2.78. The van der Waals surface area contributed by atoms with Crippen molar-refractivity contribution >= 4 is 27.0 Å². The number of carbonyl (C=O) groups is 1. The summed E-state index contributed by atoms with van der Waals surface area (Å²) >= 11 is 0. The molecule has 1 aliphatic heterocycles. The number of halogens is 1. The van der Waals surface area contributed by atoms with Crippen molar-refractivity contribution in [3.63, 3.8) is 0 Å². The zero-order valence-electron chi connectivity index (χ0n) is 16.3. The number of sulfonamides is 1. The van der Waals surface area contributed by atoms with Crippen molar-refractivity contribution in [3.05, 3.63) is 60.2 Å². The molecule has 2 heterocycles. The third-order valence-corrected chi connectivity index (χ3v) is 7.19. The molecular formula is C21H23FN4O3S. The van der Waals surface area contributed by atoms with Crippen molar-refractivity contribution in [1.29, 1.82) is 0 Å². The van der Waals surface area contributed by atoms with Gasteiger partial charge in [-0.3, -0.25) is 4.79 Å². The number of hydrogen-bond donors (Lipinski definition) is 2. The summed E-state index contributed by atoms with van der Waals surface area (Å²) in [5, 5.41) is 2.89. The molecule has 0 saturated carbocycles. The Morgan fingerprint density at radius 2 is 1.97 bits per heavy atom. The molecule has 1 amide bonds. The number of aromatic nitrogens is 2. The van der Waals surface area contributed by atoms with Crippen LogP contribution in [-0.4, -0.2) is 48.2 Å². The maximum absolute atomic E-state index is 13.1. The molecule has 0 aliphatic carbocycles. The van der Waals surface area contributed by atoms with Gasteiger partial charge in [0.2, 0.25) is 15.9 Å². The highest BCUT2D eigenvalue weighted by molar-refractivity contribution is 7.89. The maximum Gasteiger partial charge on any atom is 0.243 e. The molecule has 1 fully saturated rings. The Morgan fingerprint density at radius 1 is 1.20 bits per heavy atom. The van der Waals surface area contributed by atoms with Gasteiger partial charge in [-0.1, -0.05) is 12.1 Å². The molecular weight excluding hydrogens is 407 g/mol. The van der Waals surface area contributed by atoms with Crippen LogP contribution >= 0.6 is 0 Å². The number of benzene rings is 2. The van der Waals surface area contributed by atoms with Crippen LogP contribution in [0.2, 0.25) is 0 Å². The second kappa shape index (κ2) is 8.53. The van der Waals surface area contributed by atoms with Gasteiger partial charge in [0, 0.05) is 26.1 Å². The number of piperidine rings is 1. The minimum atomic E-state index is -3.75. The van der Waals surface area contributed by atoms with Crippen LogP contribution in [0, 0.1) is 11.7 Å². The molecule has 7 nitrogen and oxygen atoms in total. The van der Waals surface area contributed by atoms with E-state index in [4.69, 9.17) is 0 Å². The lowest BCUT2D eigenvalue weighted by atomic mass is 9.99. The molecule has 1 aliphatic rings. The number of amides is 1. The zero-order chi connectivity index (χ0) is 21.1. The number of imidazole rings is 1. The van der Waals surface area contributed by atoms with Gasteiger partial charge in [0.25, 0.3) is 0 Å². The molecule has 0 bridgehead atoms. The number of nitrogens with one attached hydrogen (secondary N) is 2. The largest absolute Gasteiger partial charge is 0.355 e. The summed E-state index contributed by atoms with van der Waals surface area (Å²) in [7, 11) is -3.75. The van der Waals surface area contributed by atoms with Gasteiger partial charge in [0.1, 0.15) is 11.6 Å². The third-order valence-electron chi connectivity index (χ3n) is 5.31. The Labute approximate surface area is 174 Å². The Balaban J connectivity index is 1.34. The number of fused-ring (bicyclic) bond motifs is 1. The molecule has 0 radical (unpaired) electrons. The molecule has 3 aromatic rings. The molecule has 1 aromatic heterocycles. The van der Waals surface area contributed by atoms with Crippen molar-refractivity contribution in [2.75, 3.05) is 19.6 Å². The third kappa shape index (κ3) is 4.36. The zero-order valence-corrected chi connectivity index (χ0v) is 17.2. The second-order valence-electron chi connectivity index (χ2n) is 7.40. The molecule has 2 aromatic carbocycles. The topological polar surface area (TPSA) is 95.2 Å². The summed E-state index contributed by atoms with van der Waals surface area (Å²) in [5.41, 5.74) is 1.83. The van der Waals surface area contributed by atoms with Crippen LogP contribution in [0.15, 0.2) is 53.4 Å². The van der Waals surface area contributed by atoms with Crippen molar-refractivity contribution in [2.24, 2.45) is 5.92 Å². The fraction of sp³-hybridized carbons (Fsp3) is 0.333. The minimum absolute atomic E-state index is 0.0369. The van der Waals surface area contributed by atoms with Crippen LogP contribution < -0.4 is 5.32 Å². The first-order valence-electron chi connectivity index (χ1n) is 9.90. The number of H-pyrrole nitrogens is 1. The van der Waals surface area contributed by atoms with Gasteiger partial charge in [-0.25, -0.2) is 17.8 Å². The van der Waals surface area contributed by atoms with E-state index in [0.717, 1.165) is 29.0 Å². The predicted molar refractivity (Wildman–Crippen MR) is 111 cm³/mol. The van der Waals surface area contributed by atoms with Gasteiger partial charge in [0.15, 0.2) is 0 Å². The van der Waals surface area contributed by atoms with Gasteiger partial charge < -0.3 is 10.3 Å². The second-order valence-corrected chi connectivity index (χ2v) is 9.34. The Bertz CT molecular complexity index is 1110. The van der Waals surface area contributed by atoms with Crippen molar-refractivity contribution < 1.29 is 17.6 Å². The summed E-state index contributed by atoms with van der Waals surface area (Å²) in [4.78, 5) is 20.3. The van der Waals surface area contributed by atoms with Gasteiger partial charge >= 0.3 is 0 Å². The van der Waals surface area contributed by atoms with Crippen LogP contribution in [0.5, 0.6) is 0 Å². The Morgan fingerprint density at radius 3 is 2.73 bits per heavy atom. The quantitative estimate of drug-likeness (QED) is 0.628. The van der Waals surface area contributed by atoms with Crippen molar-refractivity contribution in [3.8, 4) is 0 Å². The summed E-state index contributed by atoms with van der Waals surface area (Å²) in [6, 6.07) is 12.5. The molecule has 0 spiro atoms. The fourth-order valence-corrected chi connectivity index (χ4v) is 5.23. The maximum atomic E-state index is 13.1. The molecule has 30 heavy (non-hydrogen) atoms. The lowest BCUT2D eigenvalue weighted by Crippen LogP contribution is -2.45. The Kier molecular flexibility index (Phi) is 5.83. The number of hydrogen-bond acceptors (Lipinski definition) is 4. The highest BCUT2D eigenvalue weighted by Crippen LogP contribution is 2.24. The first-order chi connectivity index (χ1) is 14.4. The fourth-order valence-electron chi connectivity index (χ4n) is 3.70. The number of rotatable bonds is 6. The van der Waals surface area contributed by atoms with Crippen molar-refractivity contribution in [1.82, 2.24) is 19.6 Å². The standard InChI is InChI=1S/C21H23FN4O3S/c22-16-7-9-17(10-8-16)30(28,29)26-13-3-4-15(14-26)21(27)23-12-11-20-24-18-5-1-2-6-19(18)25-20/h1-2,5-10,15H,3-4,11-14H2,(H,23,27)(H,24,25)/t15-/m1/s1. The molecule has 158 valence electrons. The molecule has 9 heteroatoms. The van der Waals surface area contributed by atoms with E-state index in [1.165, 1.54) is 16.4 Å². The average Bonchev–Trinajstić information content (AvgIpc) is 3.17. The van der Waals surface area contributed by atoms with Crippen LogP contribution in [0.3, 0.4) is 0 Å². The summed E-state index contributed by atoms with van der Waals surface area (Å²) in [6.07, 6.45) is 1.79. The number of para-hydroxylation sites is 2. The van der Waals surface area contributed by atoms with Gasteiger partial charge in [-0.2, -0.15) is 4.31 Å². The molecule has 1 atom stereocenters. The minimum Gasteiger partial charge on any atom is -0.355 e. The molecule has 0 unspecified atom stereocenters. The van der Waals surface area contributed by atoms with Crippen molar-refractivity contribution in [2.45, 2.75) is 24.2 Å². The van der Waals surface area contributed by atoms with Crippen LogP contribution in [0.25, 0.3) is 11.0 Å². The summed E-state index contributed by atoms with van der Waals surface area (Å²) < 4.78 is 40.1. The highest BCUT2D eigenvalue weighted by Gasteiger charge is 2.33. The first-order valence-corrected chi connectivity index (χ1v) is 11.3. The number of carbonyl (C=O) groups excluding carboxylic acids is 1. The van der Waals surface area contributed by atoms with Crippen LogP contribution in [-0.2, 0) is 21.2 Å². The number of nitrogens with zero attached hydrogens (tertiary/aromatic N) is 2. The number of aromatic amines is 1. The highest BCUT2D eigenvalue weighted by atomic mass is 32.2. The molecule has 2 N–H and O–H groups in total. The molecule has 1 saturated heterocycles. The van der Waals surface area contributed by atoms with E-state index in [1.54, 1.807) is 0 Å². The van der Waals surface area contributed by atoms with E-state index in [-0.39, 0.29) is 17.3 Å². The van der Waals surface area contributed by atoms with Crippen LogP contribution in [0.4, 0.5) is 4.39 Å². The van der Waals surface area contributed by atoms with E-state index in [2.05, 4.69) is 15.3 Å². The van der Waals surface area contributed by atoms with Gasteiger partial charge in [0.05, 0.1) is 21.8 Å². The average molecular weight is 431 g/mol.